The van der Waals surface area contributed by atoms with Gasteiger partial charge in [-0.15, -0.1) is 5.10 Å². The normalized spacial score (nSPS) is 11.0. The fourth-order valence-corrected chi connectivity index (χ4v) is 1.60. The Morgan fingerprint density at radius 2 is 2.21 bits per heavy atom. The van der Waals surface area contributed by atoms with Gasteiger partial charge in [0, 0.05) is 6.54 Å². The zero-order valence-corrected chi connectivity index (χ0v) is 8.70. The summed E-state index contributed by atoms with van der Waals surface area (Å²) in [5, 5.41) is 8.34. The summed E-state index contributed by atoms with van der Waals surface area (Å²) in [7, 11) is 0. The van der Waals surface area contributed by atoms with Crippen LogP contribution >= 0.6 is 0 Å². The highest BCUT2D eigenvalue weighted by Gasteiger charge is 2.04. The molecule has 3 heteroatoms. The smallest absolute Gasteiger partial charge is 0.116 e. The van der Waals surface area contributed by atoms with Gasteiger partial charge in [-0.3, -0.25) is 0 Å². The van der Waals surface area contributed by atoms with E-state index in [0.29, 0.717) is 0 Å². The second-order valence-corrected chi connectivity index (χ2v) is 3.61. The zero-order valence-electron chi connectivity index (χ0n) is 8.70. The summed E-state index contributed by atoms with van der Waals surface area (Å²) < 4.78 is 1.99. The Bertz CT molecular complexity index is 431. The zero-order chi connectivity index (χ0) is 9.97. The van der Waals surface area contributed by atoms with Gasteiger partial charge in [0.15, 0.2) is 0 Å². The van der Waals surface area contributed by atoms with Crippen molar-refractivity contribution in [2.24, 2.45) is 0 Å². The molecular weight excluding hydrogens is 174 g/mol. The average Bonchev–Trinajstić information content (AvgIpc) is 2.60. The molecule has 0 aliphatic carbocycles. The molecule has 0 bridgehead atoms. The van der Waals surface area contributed by atoms with Crippen molar-refractivity contribution in [3.63, 3.8) is 0 Å². The van der Waals surface area contributed by atoms with Gasteiger partial charge in [0.1, 0.15) is 5.52 Å². The van der Waals surface area contributed by atoms with Crippen molar-refractivity contribution < 1.29 is 0 Å². The molecule has 0 aliphatic heterocycles. The first-order valence-corrected chi connectivity index (χ1v) is 5.11. The molecule has 14 heavy (non-hydrogen) atoms. The molecule has 0 N–H and O–H groups in total. The fraction of sp³-hybridized carbons (Fsp3) is 0.455. The van der Waals surface area contributed by atoms with E-state index in [1.165, 1.54) is 12.0 Å². The van der Waals surface area contributed by atoms with Gasteiger partial charge in [0.25, 0.3) is 0 Å². The van der Waals surface area contributed by atoms with Gasteiger partial charge in [-0.2, -0.15) is 0 Å². The number of aromatic nitrogens is 3. The summed E-state index contributed by atoms with van der Waals surface area (Å²) in [5.41, 5.74) is 3.38. The molecule has 0 atom stereocenters. The largest absolute Gasteiger partial charge is 0.245 e. The Kier molecular flexibility index (Phi) is 2.48. The number of aryl methyl sites for hydroxylation is 2. The lowest BCUT2D eigenvalue weighted by Gasteiger charge is -2.00. The SMILES string of the molecule is CCCCn1nnc2c(C)cccc21. The van der Waals surface area contributed by atoms with Crippen molar-refractivity contribution in [2.75, 3.05) is 0 Å². The standard InChI is InChI=1S/C11H15N3/c1-3-4-8-14-10-7-5-6-9(2)11(10)12-13-14/h5-7H,3-4,8H2,1-2H3. The Morgan fingerprint density at radius 1 is 1.36 bits per heavy atom. The molecule has 0 unspecified atom stereocenters. The van der Waals surface area contributed by atoms with E-state index in [0.717, 1.165) is 24.0 Å². The molecule has 0 fully saturated rings. The first kappa shape index (κ1) is 9.19. The summed E-state index contributed by atoms with van der Waals surface area (Å²) in [6.07, 6.45) is 2.35. The van der Waals surface area contributed by atoms with Gasteiger partial charge < -0.3 is 0 Å². The van der Waals surface area contributed by atoms with Crippen LogP contribution in [0.1, 0.15) is 25.3 Å². The van der Waals surface area contributed by atoms with Crippen molar-refractivity contribution in [3.05, 3.63) is 23.8 Å². The molecule has 1 aromatic carbocycles. The Morgan fingerprint density at radius 3 is 3.00 bits per heavy atom. The van der Waals surface area contributed by atoms with Crippen LogP contribution in [0.15, 0.2) is 18.2 Å². The van der Waals surface area contributed by atoms with Gasteiger partial charge in [0.05, 0.1) is 5.52 Å². The van der Waals surface area contributed by atoms with Crippen molar-refractivity contribution in [2.45, 2.75) is 33.2 Å². The highest BCUT2D eigenvalue weighted by molar-refractivity contribution is 5.77. The molecule has 2 aromatic rings. The maximum absolute atomic E-state index is 4.18. The lowest BCUT2D eigenvalue weighted by molar-refractivity contribution is 0.567. The number of nitrogens with zero attached hydrogens (tertiary/aromatic N) is 3. The first-order valence-electron chi connectivity index (χ1n) is 5.11. The van der Waals surface area contributed by atoms with Crippen molar-refractivity contribution in [3.8, 4) is 0 Å². The van der Waals surface area contributed by atoms with Crippen LogP contribution in [0.5, 0.6) is 0 Å². The highest BCUT2D eigenvalue weighted by atomic mass is 15.4. The predicted molar refractivity (Wildman–Crippen MR) is 57.2 cm³/mol. The minimum atomic E-state index is 0.969. The molecule has 0 saturated heterocycles. The lowest BCUT2D eigenvalue weighted by atomic mass is 10.2. The maximum atomic E-state index is 4.18. The number of fused-ring (bicyclic) bond motifs is 1. The summed E-state index contributed by atoms with van der Waals surface area (Å²) in [4.78, 5) is 0. The molecule has 3 nitrogen and oxygen atoms in total. The summed E-state index contributed by atoms with van der Waals surface area (Å²) in [5.74, 6) is 0. The van der Waals surface area contributed by atoms with E-state index in [2.05, 4.69) is 42.4 Å². The molecule has 1 heterocycles. The van der Waals surface area contributed by atoms with E-state index in [9.17, 15) is 0 Å². The van der Waals surface area contributed by atoms with Crippen LogP contribution in [0.25, 0.3) is 11.0 Å². The van der Waals surface area contributed by atoms with Gasteiger partial charge in [-0.1, -0.05) is 30.7 Å². The Balaban J connectivity index is 2.42. The molecule has 0 spiro atoms. The molecular formula is C11H15N3. The third-order valence-electron chi connectivity index (χ3n) is 2.47. The predicted octanol–water partition coefficient (Wildman–Crippen LogP) is 2.54. The quantitative estimate of drug-likeness (QED) is 0.742. The Labute approximate surface area is 83.7 Å². The van der Waals surface area contributed by atoms with E-state index in [1.54, 1.807) is 0 Å². The number of hydrogen-bond acceptors (Lipinski definition) is 2. The topological polar surface area (TPSA) is 30.7 Å². The number of rotatable bonds is 3. The average molecular weight is 189 g/mol. The number of hydrogen-bond donors (Lipinski definition) is 0. The molecule has 0 saturated carbocycles. The summed E-state index contributed by atoms with van der Waals surface area (Å²) >= 11 is 0. The van der Waals surface area contributed by atoms with E-state index in [-0.39, 0.29) is 0 Å². The lowest BCUT2D eigenvalue weighted by Crippen LogP contribution is -1.99. The van der Waals surface area contributed by atoms with Gasteiger partial charge in [-0.05, 0) is 25.0 Å². The van der Waals surface area contributed by atoms with Crippen LogP contribution in [0.3, 0.4) is 0 Å². The molecule has 0 radical (unpaired) electrons. The third kappa shape index (κ3) is 1.50. The maximum Gasteiger partial charge on any atom is 0.116 e. The van der Waals surface area contributed by atoms with Crippen LogP contribution in [0, 0.1) is 6.92 Å². The van der Waals surface area contributed by atoms with Gasteiger partial charge in [-0.25, -0.2) is 4.68 Å². The molecule has 74 valence electrons. The van der Waals surface area contributed by atoms with Crippen LogP contribution in [0.4, 0.5) is 0 Å². The molecule has 1 aromatic heterocycles. The van der Waals surface area contributed by atoms with Crippen molar-refractivity contribution in [1.29, 1.82) is 0 Å². The monoisotopic (exact) mass is 189 g/mol. The van der Waals surface area contributed by atoms with Crippen LogP contribution < -0.4 is 0 Å². The second kappa shape index (κ2) is 3.78. The van der Waals surface area contributed by atoms with E-state index in [1.807, 2.05) is 4.68 Å². The summed E-state index contributed by atoms with van der Waals surface area (Å²) in [6.45, 7) is 5.22. The molecule has 0 amide bonds. The van der Waals surface area contributed by atoms with Crippen LogP contribution in [0.2, 0.25) is 0 Å². The molecule has 2 rings (SSSR count). The fourth-order valence-electron chi connectivity index (χ4n) is 1.60. The Hall–Kier alpha value is -1.38. The second-order valence-electron chi connectivity index (χ2n) is 3.61. The minimum Gasteiger partial charge on any atom is -0.245 e. The van der Waals surface area contributed by atoms with Gasteiger partial charge >= 0.3 is 0 Å². The van der Waals surface area contributed by atoms with Crippen LogP contribution in [-0.2, 0) is 6.54 Å². The highest BCUT2D eigenvalue weighted by Crippen LogP contribution is 2.15. The van der Waals surface area contributed by atoms with E-state index >= 15 is 0 Å². The van der Waals surface area contributed by atoms with Crippen molar-refractivity contribution in [1.82, 2.24) is 15.0 Å². The molecule has 0 aliphatic rings. The van der Waals surface area contributed by atoms with E-state index in [4.69, 9.17) is 0 Å². The minimum absolute atomic E-state index is 0.969. The van der Waals surface area contributed by atoms with Crippen LogP contribution in [-0.4, -0.2) is 15.0 Å². The van der Waals surface area contributed by atoms with E-state index < -0.39 is 0 Å². The third-order valence-corrected chi connectivity index (χ3v) is 2.47. The summed E-state index contributed by atoms with van der Waals surface area (Å²) in [6, 6.07) is 6.21. The van der Waals surface area contributed by atoms with Gasteiger partial charge in [0.2, 0.25) is 0 Å². The first-order chi connectivity index (χ1) is 6.83. The number of benzene rings is 1. The van der Waals surface area contributed by atoms with Crippen molar-refractivity contribution >= 4 is 11.0 Å². The number of unbranched alkanes of at least 4 members (excludes halogenated alkanes) is 1.